The lowest BCUT2D eigenvalue weighted by atomic mass is 9.90. The molecule has 1 aliphatic rings. The summed E-state index contributed by atoms with van der Waals surface area (Å²) in [5.74, 6) is 0.265. The molecule has 4 N–H and O–H groups in total. The lowest BCUT2D eigenvalue weighted by Crippen LogP contribution is -2.26. The summed E-state index contributed by atoms with van der Waals surface area (Å²) in [5.41, 5.74) is 11.8. The van der Waals surface area contributed by atoms with E-state index in [9.17, 15) is 5.26 Å². The van der Waals surface area contributed by atoms with Crippen LogP contribution in [-0.4, -0.2) is 21.7 Å². The number of aromatic amines is 1. The van der Waals surface area contributed by atoms with Crippen molar-refractivity contribution in [3.63, 3.8) is 0 Å². The lowest BCUT2D eigenvalue weighted by Gasteiger charge is -2.21. The summed E-state index contributed by atoms with van der Waals surface area (Å²) >= 11 is 5.99. The molecule has 0 amide bonds. The molecule has 0 unspecified atom stereocenters. The number of fused-ring (bicyclic) bond motifs is 1. The SMILES string of the molecule is N#Cc1c(N)nc2c(c1-c1cn[nH]c1-c1ccc(Cl)cc1)CNCC2. The molecule has 0 atom stereocenters. The molecule has 1 aromatic carbocycles. The number of H-pyrrole nitrogens is 1. The molecule has 25 heavy (non-hydrogen) atoms. The second-order valence-electron chi connectivity index (χ2n) is 5.88. The standard InChI is InChI=1S/C18H15ClN6/c19-11-3-1-10(2-4-11)17-14(9-23-25-17)16-12(7-20)18(21)24-15-5-6-22-8-13(15)16/h1-4,9,22H,5-6,8H2,(H2,21,24)(H,23,25). The predicted octanol–water partition coefficient (Wildman–Crippen LogP) is 2.89. The van der Waals surface area contributed by atoms with Crippen LogP contribution in [0.25, 0.3) is 22.4 Å². The highest BCUT2D eigenvalue weighted by Gasteiger charge is 2.24. The number of pyridine rings is 1. The third kappa shape index (κ3) is 2.64. The first-order chi connectivity index (χ1) is 12.2. The Bertz CT molecular complexity index is 984. The Balaban J connectivity index is 1.98. The Labute approximate surface area is 149 Å². The highest BCUT2D eigenvalue weighted by molar-refractivity contribution is 6.30. The zero-order valence-electron chi connectivity index (χ0n) is 13.3. The molecule has 0 aliphatic carbocycles. The van der Waals surface area contributed by atoms with E-state index in [-0.39, 0.29) is 5.82 Å². The van der Waals surface area contributed by atoms with E-state index in [1.165, 1.54) is 0 Å². The molecule has 3 heterocycles. The van der Waals surface area contributed by atoms with Gasteiger partial charge in [0.15, 0.2) is 0 Å². The van der Waals surface area contributed by atoms with Crippen molar-refractivity contribution in [2.24, 2.45) is 0 Å². The number of nitrogens with zero attached hydrogens (tertiary/aromatic N) is 3. The average molecular weight is 351 g/mol. The Morgan fingerprint density at radius 1 is 1.24 bits per heavy atom. The quantitative estimate of drug-likeness (QED) is 0.659. The monoisotopic (exact) mass is 350 g/mol. The number of aromatic nitrogens is 3. The third-order valence-corrected chi connectivity index (χ3v) is 4.66. The predicted molar refractivity (Wildman–Crippen MR) is 96.8 cm³/mol. The van der Waals surface area contributed by atoms with Crippen molar-refractivity contribution < 1.29 is 0 Å². The van der Waals surface area contributed by atoms with Crippen molar-refractivity contribution in [3.8, 4) is 28.5 Å². The van der Waals surface area contributed by atoms with Gasteiger partial charge in [-0.25, -0.2) is 4.98 Å². The molecule has 0 radical (unpaired) electrons. The summed E-state index contributed by atoms with van der Waals surface area (Å²) in [5, 5.41) is 20.9. The number of rotatable bonds is 2. The molecular formula is C18H15ClN6. The number of hydrogen-bond acceptors (Lipinski definition) is 5. The largest absolute Gasteiger partial charge is 0.383 e. The number of nitrogens with two attached hydrogens (primary N) is 1. The highest BCUT2D eigenvalue weighted by Crippen LogP contribution is 2.38. The van der Waals surface area contributed by atoms with Gasteiger partial charge in [-0.2, -0.15) is 10.4 Å². The molecule has 0 fully saturated rings. The fraction of sp³-hybridized carbons (Fsp3) is 0.167. The molecule has 0 spiro atoms. The molecule has 2 aromatic heterocycles. The fourth-order valence-electron chi connectivity index (χ4n) is 3.23. The summed E-state index contributed by atoms with van der Waals surface area (Å²) in [6.45, 7) is 1.50. The average Bonchev–Trinajstić information content (AvgIpc) is 3.10. The number of benzene rings is 1. The Hall–Kier alpha value is -2.88. The van der Waals surface area contributed by atoms with Crippen molar-refractivity contribution in [2.45, 2.75) is 13.0 Å². The van der Waals surface area contributed by atoms with E-state index in [0.29, 0.717) is 17.1 Å². The van der Waals surface area contributed by atoms with Gasteiger partial charge in [0.25, 0.3) is 0 Å². The minimum absolute atomic E-state index is 0.265. The molecule has 6 nitrogen and oxygen atoms in total. The van der Waals surface area contributed by atoms with Crippen LogP contribution in [0.1, 0.15) is 16.8 Å². The normalized spacial score (nSPS) is 13.3. The summed E-state index contributed by atoms with van der Waals surface area (Å²) in [6, 6.07) is 9.69. The van der Waals surface area contributed by atoms with E-state index in [1.54, 1.807) is 6.20 Å². The van der Waals surface area contributed by atoms with Crippen LogP contribution in [0, 0.1) is 11.3 Å². The lowest BCUT2D eigenvalue weighted by molar-refractivity contribution is 0.632. The van der Waals surface area contributed by atoms with Crippen molar-refractivity contribution in [1.29, 1.82) is 5.26 Å². The number of hydrogen-bond donors (Lipinski definition) is 3. The van der Waals surface area contributed by atoms with Crippen LogP contribution in [0.4, 0.5) is 5.82 Å². The van der Waals surface area contributed by atoms with E-state index >= 15 is 0 Å². The van der Waals surface area contributed by atoms with Gasteiger partial charge in [-0.1, -0.05) is 23.7 Å². The Kier molecular flexibility index (Phi) is 3.88. The number of anilines is 1. The summed E-state index contributed by atoms with van der Waals surface area (Å²) in [7, 11) is 0. The van der Waals surface area contributed by atoms with Gasteiger partial charge in [0.2, 0.25) is 0 Å². The fourth-order valence-corrected chi connectivity index (χ4v) is 3.36. The van der Waals surface area contributed by atoms with E-state index in [4.69, 9.17) is 17.3 Å². The first kappa shape index (κ1) is 15.6. The van der Waals surface area contributed by atoms with Crippen molar-refractivity contribution >= 4 is 17.4 Å². The minimum atomic E-state index is 0.265. The molecule has 3 aromatic rings. The second kappa shape index (κ2) is 6.20. The van der Waals surface area contributed by atoms with Gasteiger partial charge >= 0.3 is 0 Å². The van der Waals surface area contributed by atoms with Gasteiger partial charge in [0.1, 0.15) is 17.5 Å². The summed E-state index contributed by atoms with van der Waals surface area (Å²) in [6.07, 6.45) is 2.51. The van der Waals surface area contributed by atoms with Gasteiger partial charge in [0, 0.05) is 46.9 Å². The maximum absolute atomic E-state index is 9.66. The topological polar surface area (TPSA) is 103 Å². The van der Waals surface area contributed by atoms with E-state index in [2.05, 4.69) is 26.6 Å². The number of nitriles is 1. The zero-order chi connectivity index (χ0) is 17.4. The molecule has 124 valence electrons. The number of halogens is 1. The summed E-state index contributed by atoms with van der Waals surface area (Å²) in [4.78, 5) is 4.44. The summed E-state index contributed by atoms with van der Waals surface area (Å²) < 4.78 is 0. The van der Waals surface area contributed by atoms with E-state index in [0.717, 1.165) is 46.6 Å². The second-order valence-corrected chi connectivity index (χ2v) is 6.31. The number of nitrogen functional groups attached to an aromatic ring is 1. The van der Waals surface area contributed by atoms with Crippen molar-refractivity contribution in [3.05, 3.63) is 52.3 Å². The molecule has 4 rings (SSSR count). The first-order valence-corrected chi connectivity index (χ1v) is 8.28. The number of nitrogens with one attached hydrogen (secondary N) is 2. The zero-order valence-corrected chi connectivity index (χ0v) is 14.1. The van der Waals surface area contributed by atoms with Crippen LogP contribution in [0.3, 0.4) is 0 Å². The molecule has 0 saturated heterocycles. The molecule has 0 bridgehead atoms. The van der Waals surface area contributed by atoms with E-state index in [1.807, 2.05) is 24.3 Å². The van der Waals surface area contributed by atoms with Crippen LogP contribution < -0.4 is 11.1 Å². The molecule has 7 heteroatoms. The van der Waals surface area contributed by atoms with Crippen LogP contribution in [0.5, 0.6) is 0 Å². The van der Waals surface area contributed by atoms with Crippen molar-refractivity contribution in [2.75, 3.05) is 12.3 Å². The van der Waals surface area contributed by atoms with E-state index < -0.39 is 0 Å². The van der Waals surface area contributed by atoms with Crippen molar-refractivity contribution in [1.82, 2.24) is 20.5 Å². The molecular weight excluding hydrogens is 336 g/mol. The Morgan fingerprint density at radius 3 is 2.80 bits per heavy atom. The third-order valence-electron chi connectivity index (χ3n) is 4.41. The smallest absolute Gasteiger partial charge is 0.142 e. The maximum Gasteiger partial charge on any atom is 0.142 e. The molecule has 1 aliphatic heterocycles. The van der Waals surface area contributed by atoms with Crippen LogP contribution in [0.2, 0.25) is 5.02 Å². The van der Waals surface area contributed by atoms with Crippen LogP contribution in [-0.2, 0) is 13.0 Å². The Morgan fingerprint density at radius 2 is 2.04 bits per heavy atom. The van der Waals surface area contributed by atoms with Gasteiger partial charge < -0.3 is 11.1 Å². The van der Waals surface area contributed by atoms with Gasteiger partial charge in [-0.15, -0.1) is 0 Å². The van der Waals surface area contributed by atoms with Gasteiger partial charge in [-0.3, -0.25) is 5.10 Å². The van der Waals surface area contributed by atoms with Gasteiger partial charge in [0.05, 0.1) is 11.9 Å². The molecule has 0 saturated carbocycles. The maximum atomic E-state index is 9.66. The van der Waals surface area contributed by atoms with Crippen LogP contribution >= 0.6 is 11.6 Å². The first-order valence-electron chi connectivity index (χ1n) is 7.90. The minimum Gasteiger partial charge on any atom is -0.383 e. The van der Waals surface area contributed by atoms with Gasteiger partial charge in [-0.05, 0) is 17.7 Å². The highest BCUT2D eigenvalue weighted by atomic mass is 35.5. The van der Waals surface area contributed by atoms with Crippen LogP contribution in [0.15, 0.2) is 30.5 Å².